The molecule has 19 heavy (non-hydrogen) atoms. The van der Waals surface area contributed by atoms with Crippen LogP contribution in [0.15, 0.2) is 40.0 Å². The number of para-hydroxylation sites is 1. The molecule has 0 aliphatic heterocycles. The highest BCUT2D eigenvalue weighted by Gasteiger charge is 2.10. The van der Waals surface area contributed by atoms with Crippen LogP contribution in [-0.2, 0) is 0 Å². The number of carbonyl (C=O) groups excluding carboxylic acids is 1. The van der Waals surface area contributed by atoms with Crippen molar-refractivity contribution < 1.29 is 9.53 Å². The van der Waals surface area contributed by atoms with Crippen LogP contribution < -0.4 is 10.2 Å². The number of benzene rings is 1. The lowest BCUT2D eigenvalue weighted by Gasteiger charge is -2.02. The molecule has 2 aromatic rings. The minimum absolute atomic E-state index is 0.317. The number of hydrazone groups is 1. The molecular formula is C12H11BrN4O2. The van der Waals surface area contributed by atoms with Crippen molar-refractivity contribution in [2.24, 2.45) is 5.10 Å². The average molecular weight is 323 g/mol. The summed E-state index contributed by atoms with van der Waals surface area (Å²) in [6.07, 6.45) is 3.01. The van der Waals surface area contributed by atoms with E-state index < -0.39 is 0 Å². The predicted molar refractivity (Wildman–Crippen MR) is 74.3 cm³/mol. The Hall–Kier alpha value is -2.15. The second kappa shape index (κ2) is 6.14. The largest absolute Gasteiger partial charge is 0.496 e. The third-order valence-electron chi connectivity index (χ3n) is 2.33. The fourth-order valence-electron chi connectivity index (χ4n) is 1.42. The van der Waals surface area contributed by atoms with Gasteiger partial charge in [-0.1, -0.05) is 12.1 Å². The molecule has 1 heterocycles. The van der Waals surface area contributed by atoms with Gasteiger partial charge in [0.15, 0.2) is 0 Å². The van der Waals surface area contributed by atoms with Crippen LogP contribution >= 0.6 is 15.9 Å². The van der Waals surface area contributed by atoms with Gasteiger partial charge in [0.2, 0.25) is 0 Å². The van der Waals surface area contributed by atoms with Crippen LogP contribution in [0.4, 0.5) is 0 Å². The second-order valence-electron chi connectivity index (χ2n) is 3.53. The number of methoxy groups -OCH3 is 1. The summed E-state index contributed by atoms with van der Waals surface area (Å²) in [5.41, 5.74) is 3.49. The highest BCUT2D eigenvalue weighted by molar-refractivity contribution is 9.10. The van der Waals surface area contributed by atoms with Gasteiger partial charge in [-0.2, -0.15) is 10.2 Å². The molecule has 0 saturated carbocycles. The topological polar surface area (TPSA) is 79.4 Å². The standard InChI is InChI=1S/C12H11BrN4O2/c1-19-10-5-3-2-4-8(10)6-14-17-12(18)11-9(13)7-15-16-11/h2-7H,1H3,(H,15,16)(H,17,18). The zero-order valence-corrected chi connectivity index (χ0v) is 11.6. The van der Waals surface area contributed by atoms with E-state index in [2.05, 4.69) is 36.7 Å². The molecule has 1 aromatic heterocycles. The number of aromatic amines is 1. The van der Waals surface area contributed by atoms with Gasteiger partial charge in [0.1, 0.15) is 11.4 Å². The maximum Gasteiger partial charge on any atom is 0.290 e. The Morgan fingerprint density at radius 3 is 3.00 bits per heavy atom. The van der Waals surface area contributed by atoms with E-state index in [9.17, 15) is 4.79 Å². The monoisotopic (exact) mass is 322 g/mol. The Kier molecular flexibility index (Phi) is 4.30. The van der Waals surface area contributed by atoms with Gasteiger partial charge in [-0.05, 0) is 28.1 Å². The van der Waals surface area contributed by atoms with Crippen molar-refractivity contribution in [2.45, 2.75) is 0 Å². The first kappa shape index (κ1) is 13.3. The second-order valence-corrected chi connectivity index (χ2v) is 4.39. The first-order chi connectivity index (χ1) is 9.22. The molecule has 0 radical (unpaired) electrons. The Labute approximate surface area is 118 Å². The Balaban J connectivity index is 2.04. The first-order valence-electron chi connectivity index (χ1n) is 5.37. The summed E-state index contributed by atoms with van der Waals surface area (Å²) in [5, 5.41) is 10.2. The third kappa shape index (κ3) is 3.19. The molecule has 98 valence electrons. The molecule has 0 unspecified atom stereocenters. The number of hydrogen-bond donors (Lipinski definition) is 2. The Morgan fingerprint density at radius 2 is 2.32 bits per heavy atom. The molecule has 0 saturated heterocycles. The fraction of sp³-hybridized carbons (Fsp3) is 0.0833. The summed E-state index contributed by atoms with van der Waals surface area (Å²) < 4.78 is 5.75. The summed E-state index contributed by atoms with van der Waals surface area (Å²) in [7, 11) is 1.58. The number of H-pyrrole nitrogens is 1. The van der Waals surface area contributed by atoms with Crippen LogP contribution in [0.3, 0.4) is 0 Å². The van der Waals surface area contributed by atoms with Gasteiger partial charge < -0.3 is 4.74 Å². The lowest BCUT2D eigenvalue weighted by Crippen LogP contribution is -2.18. The Bertz CT molecular complexity index is 609. The Morgan fingerprint density at radius 1 is 1.53 bits per heavy atom. The van der Waals surface area contributed by atoms with Crippen molar-refractivity contribution in [3.63, 3.8) is 0 Å². The van der Waals surface area contributed by atoms with E-state index in [1.807, 2.05) is 24.3 Å². The van der Waals surface area contributed by atoms with Gasteiger partial charge in [-0.25, -0.2) is 5.43 Å². The normalized spacial score (nSPS) is 10.6. The molecule has 1 aromatic carbocycles. The maximum atomic E-state index is 11.7. The van der Waals surface area contributed by atoms with Gasteiger partial charge in [0.05, 0.1) is 24.0 Å². The van der Waals surface area contributed by atoms with Gasteiger partial charge in [0.25, 0.3) is 5.91 Å². The van der Waals surface area contributed by atoms with E-state index in [1.54, 1.807) is 7.11 Å². The van der Waals surface area contributed by atoms with Gasteiger partial charge in [-0.3, -0.25) is 9.89 Å². The molecule has 0 bridgehead atoms. The number of ether oxygens (including phenoxy) is 1. The molecule has 0 fully saturated rings. The van der Waals surface area contributed by atoms with Crippen LogP contribution in [0.5, 0.6) is 5.75 Å². The number of nitrogens with zero attached hydrogens (tertiary/aromatic N) is 2. The number of aromatic nitrogens is 2. The number of nitrogens with one attached hydrogen (secondary N) is 2. The molecule has 7 heteroatoms. The zero-order valence-electron chi connectivity index (χ0n) is 10.1. The van der Waals surface area contributed by atoms with Gasteiger partial charge in [0, 0.05) is 5.56 Å². The summed E-state index contributed by atoms with van der Waals surface area (Å²) in [4.78, 5) is 11.7. The minimum Gasteiger partial charge on any atom is -0.496 e. The van der Waals surface area contributed by atoms with E-state index in [-0.39, 0.29) is 5.91 Å². The number of rotatable bonds is 4. The molecule has 0 atom stereocenters. The lowest BCUT2D eigenvalue weighted by molar-refractivity contribution is 0.0949. The number of hydrogen-bond acceptors (Lipinski definition) is 4. The molecular weight excluding hydrogens is 312 g/mol. The minimum atomic E-state index is -0.379. The maximum absolute atomic E-state index is 11.7. The zero-order chi connectivity index (χ0) is 13.7. The molecule has 2 N–H and O–H groups in total. The molecule has 2 rings (SSSR count). The third-order valence-corrected chi connectivity index (χ3v) is 2.93. The van der Waals surface area contributed by atoms with Gasteiger partial charge >= 0.3 is 0 Å². The fourth-order valence-corrected chi connectivity index (χ4v) is 1.79. The summed E-state index contributed by atoms with van der Waals surface area (Å²) in [6, 6.07) is 7.36. The van der Waals surface area contributed by atoms with Crippen molar-refractivity contribution in [1.29, 1.82) is 0 Å². The van der Waals surface area contributed by atoms with Crippen molar-refractivity contribution in [1.82, 2.24) is 15.6 Å². The molecule has 0 aliphatic carbocycles. The van der Waals surface area contributed by atoms with Crippen LogP contribution in [0.25, 0.3) is 0 Å². The van der Waals surface area contributed by atoms with Crippen molar-refractivity contribution in [2.75, 3.05) is 7.11 Å². The van der Waals surface area contributed by atoms with Crippen LogP contribution in [0.2, 0.25) is 0 Å². The van der Waals surface area contributed by atoms with Crippen molar-refractivity contribution >= 4 is 28.1 Å². The highest BCUT2D eigenvalue weighted by atomic mass is 79.9. The number of carbonyl (C=O) groups is 1. The SMILES string of the molecule is COc1ccccc1C=NNC(=O)c1[nH]ncc1Br. The lowest BCUT2D eigenvalue weighted by atomic mass is 10.2. The number of amides is 1. The average Bonchev–Trinajstić information content (AvgIpc) is 2.85. The number of halogens is 1. The molecule has 0 aliphatic rings. The van der Waals surface area contributed by atoms with E-state index >= 15 is 0 Å². The molecule has 1 amide bonds. The van der Waals surface area contributed by atoms with Crippen molar-refractivity contribution in [3.05, 3.63) is 46.2 Å². The van der Waals surface area contributed by atoms with Crippen LogP contribution in [0, 0.1) is 0 Å². The van der Waals surface area contributed by atoms with E-state index in [0.29, 0.717) is 15.9 Å². The van der Waals surface area contributed by atoms with E-state index in [4.69, 9.17) is 4.74 Å². The van der Waals surface area contributed by atoms with E-state index in [1.165, 1.54) is 12.4 Å². The highest BCUT2D eigenvalue weighted by Crippen LogP contribution is 2.15. The summed E-state index contributed by atoms with van der Waals surface area (Å²) >= 11 is 3.20. The quantitative estimate of drug-likeness (QED) is 0.667. The van der Waals surface area contributed by atoms with E-state index in [0.717, 1.165) is 5.56 Å². The molecule has 0 spiro atoms. The van der Waals surface area contributed by atoms with Crippen molar-refractivity contribution in [3.8, 4) is 5.75 Å². The molecule has 6 nitrogen and oxygen atoms in total. The van der Waals surface area contributed by atoms with Crippen LogP contribution in [-0.4, -0.2) is 29.4 Å². The van der Waals surface area contributed by atoms with Crippen LogP contribution in [0.1, 0.15) is 16.1 Å². The summed E-state index contributed by atoms with van der Waals surface area (Å²) in [5.74, 6) is 0.304. The van der Waals surface area contributed by atoms with Gasteiger partial charge in [-0.15, -0.1) is 0 Å². The smallest absolute Gasteiger partial charge is 0.290 e. The summed E-state index contributed by atoms with van der Waals surface area (Å²) in [6.45, 7) is 0. The predicted octanol–water partition coefficient (Wildman–Crippen LogP) is 1.94. The first-order valence-corrected chi connectivity index (χ1v) is 6.17.